The van der Waals surface area contributed by atoms with Gasteiger partial charge in [0.25, 0.3) is 0 Å². The van der Waals surface area contributed by atoms with Crippen molar-refractivity contribution < 1.29 is 4.74 Å². The molecule has 1 fully saturated rings. The van der Waals surface area contributed by atoms with Crippen LogP contribution in [0.15, 0.2) is 4.99 Å². The molecule has 0 aromatic heterocycles. The molecule has 0 heterocycles. The zero-order chi connectivity index (χ0) is 16.9. The Bertz CT molecular complexity index is 314. The molecular weight excluding hydrogens is 288 g/mol. The monoisotopic (exact) mass is 326 g/mol. The number of likely N-dealkylation sites (N-methyl/N-ethyl adjacent to an activating group) is 1. The summed E-state index contributed by atoms with van der Waals surface area (Å²) in [5.74, 6) is 1.74. The van der Waals surface area contributed by atoms with Gasteiger partial charge < -0.3 is 20.3 Å². The average Bonchev–Trinajstić information content (AvgIpc) is 2.57. The first-order valence-corrected chi connectivity index (χ1v) is 9.37. The van der Waals surface area contributed by atoms with Crippen LogP contribution in [0.4, 0.5) is 0 Å². The summed E-state index contributed by atoms with van der Waals surface area (Å²) in [5.41, 5.74) is 0. The molecule has 5 nitrogen and oxygen atoms in total. The minimum absolute atomic E-state index is 0.590. The van der Waals surface area contributed by atoms with Gasteiger partial charge in [0.15, 0.2) is 5.96 Å². The van der Waals surface area contributed by atoms with Gasteiger partial charge in [-0.2, -0.15) is 0 Å². The van der Waals surface area contributed by atoms with Crippen LogP contribution in [0, 0.1) is 5.92 Å². The number of aliphatic imine (C=N–C) groups is 1. The number of hydrogen-bond donors (Lipinski definition) is 2. The molecule has 1 unspecified atom stereocenters. The first-order valence-electron chi connectivity index (χ1n) is 9.37. The van der Waals surface area contributed by atoms with Gasteiger partial charge in [-0.05, 0) is 52.6 Å². The van der Waals surface area contributed by atoms with E-state index in [1.54, 1.807) is 0 Å². The van der Waals surface area contributed by atoms with Gasteiger partial charge in [0.2, 0.25) is 0 Å². The van der Waals surface area contributed by atoms with Crippen LogP contribution in [0.1, 0.15) is 51.9 Å². The minimum atomic E-state index is 0.590. The Balaban J connectivity index is 2.27. The van der Waals surface area contributed by atoms with Crippen molar-refractivity contribution in [3.05, 3.63) is 0 Å². The molecule has 1 aliphatic carbocycles. The molecule has 2 N–H and O–H groups in total. The number of ether oxygens (including phenoxy) is 1. The third-order valence-corrected chi connectivity index (χ3v) is 4.77. The van der Waals surface area contributed by atoms with Crippen molar-refractivity contribution in [3.8, 4) is 0 Å². The van der Waals surface area contributed by atoms with Gasteiger partial charge in [-0.1, -0.05) is 19.3 Å². The van der Waals surface area contributed by atoms with Crippen LogP contribution in [0.25, 0.3) is 0 Å². The van der Waals surface area contributed by atoms with Crippen molar-refractivity contribution in [2.24, 2.45) is 10.9 Å². The maximum absolute atomic E-state index is 5.36. The third-order valence-electron chi connectivity index (χ3n) is 4.77. The second kappa shape index (κ2) is 12.6. The van der Waals surface area contributed by atoms with Crippen molar-refractivity contribution in [2.45, 2.75) is 57.9 Å². The average molecular weight is 327 g/mol. The lowest BCUT2D eigenvalue weighted by molar-refractivity contribution is 0.143. The van der Waals surface area contributed by atoms with Crippen molar-refractivity contribution in [1.82, 2.24) is 15.5 Å². The van der Waals surface area contributed by atoms with Crippen LogP contribution in [-0.2, 0) is 4.74 Å². The van der Waals surface area contributed by atoms with Crippen LogP contribution in [0.3, 0.4) is 0 Å². The first-order chi connectivity index (χ1) is 11.2. The van der Waals surface area contributed by atoms with E-state index in [0.29, 0.717) is 6.04 Å². The summed E-state index contributed by atoms with van der Waals surface area (Å²) < 4.78 is 5.36. The minimum Gasteiger partial charge on any atom is -0.382 e. The molecule has 5 heteroatoms. The summed E-state index contributed by atoms with van der Waals surface area (Å²) in [6, 6.07) is 0.590. The van der Waals surface area contributed by atoms with Gasteiger partial charge in [0, 0.05) is 39.4 Å². The maximum Gasteiger partial charge on any atom is 0.191 e. The summed E-state index contributed by atoms with van der Waals surface area (Å²) in [4.78, 5) is 6.72. The predicted molar refractivity (Wildman–Crippen MR) is 99.1 cm³/mol. The van der Waals surface area contributed by atoms with E-state index in [1.165, 1.54) is 32.1 Å². The van der Waals surface area contributed by atoms with Crippen molar-refractivity contribution in [2.75, 3.05) is 47.4 Å². The lowest BCUT2D eigenvalue weighted by Crippen LogP contribution is -2.48. The largest absolute Gasteiger partial charge is 0.382 e. The Kier molecular flexibility index (Phi) is 11.1. The van der Waals surface area contributed by atoms with Crippen LogP contribution in [-0.4, -0.2) is 64.3 Å². The third kappa shape index (κ3) is 8.56. The Morgan fingerprint density at radius 3 is 2.52 bits per heavy atom. The standard InChI is InChI=1S/C18H38N4O/c1-5-23-14-10-9-13-20-18(19-2)21-15-17(22(3)4)16-11-7-6-8-12-16/h16-17H,5-15H2,1-4H3,(H2,19,20,21). The van der Waals surface area contributed by atoms with E-state index in [1.807, 2.05) is 14.0 Å². The Morgan fingerprint density at radius 1 is 1.17 bits per heavy atom. The van der Waals surface area contributed by atoms with E-state index in [9.17, 15) is 0 Å². The number of rotatable bonds is 10. The molecule has 23 heavy (non-hydrogen) atoms. The van der Waals surface area contributed by atoms with Crippen molar-refractivity contribution in [3.63, 3.8) is 0 Å². The van der Waals surface area contributed by atoms with Crippen molar-refractivity contribution in [1.29, 1.82) is 0 Å². The molecule has 0 aromatic carbocycles. The van der Waals surface area contributed by atoms with Crippen LogP contribution in [0.5, 0.6) is 0 Å². The molecule has 1 saturated carbocycles. The smallest absolute Gasteiger partial charge is 0.191 e. The molecule has 0 spiro atoms. The molecule has 1 aliphatic rings. The second-order valence-electron chi connectivity index (χ2n) is 6.71. The zero-order valence-electron chi connectivity index (χ0n) is 15.7. The molecular formula is C18H38N4O. The highest BCUT2D eigenvalue weighted by Gasteiger charge is 2.25. The van der Waals surface area contributed by atoms with Crippen LogP contribution < -0.4 is 10.6 Å². The van der Waals surface area contributed by atoms with Gasteiger partial charge in [-0.25, -0.2) is 0 Å². The van der Waals surface area contributed by atoms with E-state index >= 15 is 0 Å². The summed E-state index contributed by atoms with van der Waals surface area (Å²) in [7, 11) is 6.25. The number of guanidine groups is 1. The van der Waals surface area contributed by atoms with E-state index in [-0.39, 0.29) is 0 Å². The Morgan fingerprint density at radius 2 is 1.91 bits per heavy atom. The second-order valence-corrected chi connectivity index (χ2v) is 6.71. The summed E-state index contributed by atoms with van der Waals surface area (Å²) in [5, 5.41) is 6.92. The molecule has 0 aliphatic heterocycles. The molecule has 0 radical (unpaired) electrons. The first kappa shape index (κ1) is 20.2. The summed E-state index contributed by atoms with van der Waals surface area (Å²) in [6.07, 6.45) is 9.14. The van der Waals surface area contributed by atoms with E-state index in [4.69, 9.17) is 4.74 Å². The van der Waals surface area contributed by atoms with Gasteiger partial charge in [0.1, 0.15) is 0 Å². The number of nitrogens with zero attached hydrogens (tertiary/aromatic N) is 2. The van der Waals surface area contributed by atoms with Gasteiger partial charge in [0.05, 0.1) is 0 Å². The van der Waals surface area contributed by atoms with Crippen molar-refractivity contribution >= 4 is 5.96 Å². The summed E-state index contributed by atoms with van der Waals surface area (Å²) >= 11 is 0. The fourth-order valence-electron chi connectivity index (χ4n) is 3.39. The number of nitrogens with one attached hydrogen (secondary N) is 2. The summed E-state index contributed by atoms with van der Waals surface area (Å²) in [6.45, 7) is 5.62. The SMILES string of the molecule is CCOCCCCNC(=NC)NCC(C1CCCCC1)N(C)C. The molecule has 0 amide bonds. The lowest BCUT2D eigenvalue weighted by atomic mass is 9.83. The predicted octanol–water partition coefficient (Wildman–Crippen LogP) is 2.48. The number of hydrogen-bond acceptors (Lipinski definition) is 3. The van der Waals surface area contributed by atoms with Gasteiger partial charge in [-0.15, -0.1) is 0 Å². The topological polar surface area (TPSA) is 48.9 Å². The zero-order valence-corrected chi connectivity index (χ0v) is 15.7. The lowest BCUT2D eigenvalue weighted by Gasteiger charge is -2.35. The molecule has 0 saturated heterocycles. The quantitative estimate of drug-likeness (QED) is 0.368. The maximum atomic E-state index is 5.36. The molecule has 1 rings (SSSR count). The highest BCUT2D eigenvalue weighted by atomic mass is 16.5. The molecule has 1 atom stereocenters. The normalized spacial score (nSPS) is 18.2. The van der Waals surface area contributed by atoms with Crippen LogP contribution in [0.2, 0.25) is 0 Å². The van der Waals surface area contributed by atoms with Crippen LogP contribution >= 0.6 is 0 Å². The van der Waals surface area contributed by atoms with E-state index < -0.39 is 0 Å². The molecule has 136 valence electrons. The molecule has 0 bridgehead atoms. The fourth-order valence-corrected chi connectivity index (χ4v) is 3.39. The Labute approximate surface area is 143 Å². The van der Waals surface area contributed by atoms with E-state index in [0.717, 1.165) is 51.0 Å². The highest BCUT2D eigenvalue weighted by molar-refractivity contribution is 5.79. The highest BCUT2D eigenvalue weighted by Crippen LogP contribution is 2.27. The van der Waals surface area contributed by atoms with E-state index in [2.05, 4.69) is 34.6 Å². The molecule has 0 aromatic rings. The van der Waals surface area contributed by atoms with Gasteiger partial charge in [-0.3, -0.25) is 4.99 Å². The fraction of sp³-hybridized carbons (Fsp3) is 0.944. The van der Waals surface area contributed by atoms with Gasteiger partial charge >= 0.3 is 0 Å². The Hall–Kier alpha value is -0.810. The number of unbranched alkanes of at least 4 members (excludes halogenated alkanes) is 1.